The Bertz CT molecular complexity index is 1470. The molecule has 1 fully saturated rings. The third-order valence-corrected chi connectivity index (χ3v) is 8.90. The van der Waals surface area contributed by atoms with Gasteiger partial charge < -0.3 is 25.8 Å². The van der Waals surface area contributed by atoms with E-state index >= 15 is 0 Å². The average Bonchev–Trinajstić information content (AvgIpc) is 3.05. The van der Waals surface area contributed by atoms with Crippen LogP contribution in [0.15, 0.2) is 115 Å². The van der Waals surface area contributed by atoms with Gasteiger partial charge in [0, 0.05) is 55.7 Å². The first-order valence-corrected chi connectivity index (χ1v) is 17.5. The van der Waals surface area contributed by atoms with Gasteiger partial charge in [0.2, 0.25) is 0 Å². The van der Waals surface area contributed by atoms with Crippen LogP contribution in [-0.2, 0) is 0 Å². The molecule has 0 unspecified atom stereocenters. The van der Waals surface area contributed by atoms with E-state index in [9.17, 15) is 0 Å². The van der Waals surface area contributed by atoms with E-state index in [4.69, 9.17) is 0 Å². The Labute approximate surface area is 291 Å². The Hall–Kier alpha value is -4.03. The molecule has 1 saturated heterocycles. The maximum Gasteiger partial charge on any atom is 0.0642 e. The Balaban J connectivity index is 1.82. The molecular formula is C41H57N5S. The average molecular weight is 652 g/mol. The minimum absolute atomic E-state index is 0.736. The van der Waals surface area contributed by atoms with Crippen molar-refractivity contribution in [2.45, 2.75) is 66.2 Å². The molecule has 47 heavy (non-hydrogen) atoms. The van der Waals surface area contributed by atoms with Gasteiger partial charge in [0.05, 0.1) is 11.4 Å². The van der Waals surface area contributed by atoms with Gasteiger partial charge in [0.15, 0.2) is 0 Å². The highest BCUT2D eigenvalue weighted by Crippen LogP contribution is 2.34. The fourth-order valence-corrected chi connectivity index (χ4v) is 5.86. The van der Waals surface area contributed by atoms with Gasteiger partial charge in [-0.3, -0.25) is 0 Å². The molecule has 2 aromatic rings. The van der Waals surface area contributed by atoms with Crippen molar-refractivity contribution in [3.63, 3.8) is 0 Å². The maximum absolute atomic E-state index is 4.62. The molecule has 1 heterocycles. The molecule has 3 rings (SSSR count). The number of piperidine rings is 1. The molecule has 252 valence electrons. The fourth-order valence-electron chi connectivity index (χ4n) is 5.61. The van der Waals surface area contributed by atoms with Crippen LogP contribution in [0.1, 0.15) is 70.4 Å². The van der Waals surface area contributed by atoms with Crippen LogP contribution in [0.2, 0.25) is 0 Å². The van der Waals surface area contributed by atoms with Crippen molar-refractivity contribution < 1.29 is 0 Å². The summed E-state index contributed by atoms with van der Waals surface area (Å²) in [6.07, 6.45) is 21.3. The van der Waals surface area contributed by atoms with Gasteiger partial charge in [0.25, 0.3) is 0 Å². The molecule has 0 aromatic heterocycles. The first kappa shape index (κ1) is 37.4. The number of hydrogen-bond donors (Lipinski definition) is 4. The quantitative estimate of drug-likeness (QED) is 0.0734. The summed E-state index contributed by atoms with van der Waals surface area (Å²) in [6, 6.07) is 12.9. The van der Waals surface area contributed by atoms with Crippen LogP contribution >= 0.6 is 12.6 Å². The first-order chi connectivity index (χ1) is 22.6. The van der Waals surface area contributed by atoms with Crippen LogP contribution in [-0.4, -0.2) is 31.6 Å². The van der Waals surface area contributed by atoms with Crippen LogP contribution in [0.3, 0.4) is 0 Å². The lowest BCUT2D eigenvalue weighted by molar-refractivity contribution is 0.438. The molecule has 6 heteroatoms. The van der Waals surface area contributed by atoms with Gasteiger partial charge in [-0.15, -0.1) is 12.6 Å². The Morgan fingerprint density at radius 1 is 1.09 bits per heavy atom. The summed E-state index contributed by atoms with van der Waals surface area (Å²) in [5.41, 5.74) is 9.58. The highest BCUT2D eigenvalue weighted by atomic mass is 32.1. The summed E-state index contributed by atoms with van der Waals surface area (Å²) in [6.45, 7) is 23.7. The summed E-state index contributed by atoms with van der Waals surface area (Å²) in [5.74, 6) is 0.771. The predicted octanol–water partition coefficient (Wildman–Crippen LogP) is 11.1. The summed E-state index contributed by atoms with van der Waals surface area (Å²) < 4.78 is 0. The fraction of sp³-hybridized carbons (Fsp3) is 0.366. The van der Waals surface area contributed by atoms with Crippen LogP contribution in [0.5, 0.6) is 0 Å². The van der Waals surface area contributed by atoms with Crippen LogP contribution < -0.4 is 20.9 Å². The van der Waals surface area contributed by atoms with Crippen LogP contribution in [0.4, 0.5) is 22.7 Å². The number of nitrogens with one attached hydrogen (secondary N) is 3. The molecule has 2 aromatic carbocycles. The maximum atomic E-state index is 4.62. The minimum Gasteiger partial charge on any atom is -0.381 e. The van der Waals surface area contributed by atoms with Crippen molar-refractivity contribution >= 4 is 41.0 Å². The highest BCUT2D eigenvalue weighted by molar-refractivity contribution is 7.84. The molecule has 0 aliphatic carbocycles. The van der Waals surface area contributed by atoms with Crippen LogP contribution in [0, 0.1) is 12.8 Å². The topological polar surface area (TPSA) is 42.6 Å². The lowest BCUT2D eigenvalue weighted by Crippen LogP contribution is -2.33. The molecule has 5 nitrogen and oxygen atoms in total. The normalized spacial score (nSPS) is 14.7. The molecule has 0 radical (unpaired) electrons. The molecule has 1 aliphatic rings. The first-order valence-electron chi connectivity index (χ1n) is 17.0. The number of unbranched alkanes of at least 4 members (excludes halogenated alkanes) is 2. The number of allylic oxidation sites excluding steroid dienone is 7. The zero-order valence-electron chi connectivity index (χ0n) is 29.4. The second-order valence-corrected chi connectivity index (χ2v) is 13.1. The highest BCUT2D eigenvalue weighted by Gasteiger charge is 2.19. The summed E-state index contributed by atoms with van der Waals surface area (Å²) in [4.78, 5) is 5.59. The van der Waals surface area contributed by atoms with Crippen molar-refractivity contribution in [2.75, 3.05) is 47.5 Å². The molecule has 3 N–H and O–H groups in total. The molecule has 0 amide bonds. The monoisotopic (exact) mass is 651 g/mol. The van der Waals surface area contributed by atoms with Gasteiger partial charge in [-0.25, -0.2) is 0 Å². The summed E-state index contributed by atoms with van der Waals surface area (Å²) in [7, 11) is 2.00. The number of thiol groups is 1. The van der Waals surface area contributed by atoms with Crippen molar-refractivity contribution in [1.29, 1.82) is 0 Å². The van der Waals surface area contributed by atoms with E-state index in [0.29, 0.717) is 0 Å². The van der Waals surface area contributed by atoms with E-state index < -0.39 is 0 Å². The second-order valence-electron chi connectivity index (χ2n) is 12.5. The molecule has 0 saturated carbocycles. The van der Waals surface area contributed by atoms with Crippen molar-refractivity contribution in [1.82, 2.24) is 4.90 Å². The van der Waals surface area contributed by atoms with E-state index in [1.54, 1.807) is 6.08 Å². The molecule has 0 bridgehead atoms. The van der Waals surface area contributed by atoms with E-state index in [1.807, 2.05) is 18.1 Å². The Morgan fingerprint density at radius 2 is 1.85 bits per heavy atom. The second kappa shape index (κ2) is 19.6. The number of benzene rings is 2. The summed E-state index contributed by atoms with van der Waals surface area (Å²) in [5, 5.41) is 10.7. The van der Waals surface area contributed by atoms with Crippen LogP contribution in [0.25, 0.3) is 5.57 Å². The number of hydrogen-bond acceptors (Lipinski definition) is 6. The lowest BCUT2D eigenvalue weighted by Gasteiger charge is -2.34. The van der Waals surface area contributed by atoms with Gasteiger partial charge in [0.1, 0.15) is 0 Å². The van der Waals surface area contributed by atoms with E-state index in [-0.39, 0.29) is 0 Å². The standard InChI is InChI=1S/C41H57N5S/c1-9-12-13-17-37(47)18-14-15-25-42-39-20-16-19-38(34(39)7)35(30-45(8)11-3)28-33(6)43-36-21-22-41(40(29-36)44-32(5)10-2)46-26-23-31(4)24-27-46/h10-11,14-16,18-22,28-31,42-44,47H,2-3,5,9,12-13,17,23-27H2,1,4,6-8H3/b15-14+,33-28+,35-30+,37-18-. The SMILES string of the molecule is C=CC(=C)Nc1cc(N/C(C)=C/C(=C\N(C)C=C)c2cccc(NC/C=C/C=C(\S)CCCCC)c2C)ccc1N1CCC(C)CC1. The lowest BCUT2D eigenvalue weighted by atomic mass is 9.98. The van der Waals surface area contributed by atoms with E-state index in [2.05, 4.69) is 148 Å². The van der Waals surface area contributed by atoms with Gasteiger partial charge in [-0.1, -0.05) is 76.8 Å². The van der Waals surface area contributed by atoms with Gasteiger partial charge in [-0.2, -0.15) is 0 Å². The predicted molar refractivity (Wildman–Crippen MR) is 213 cm³/mol. The van der Waals surface area contributed by atoms with Crippen molar-refractivity contribution in [3.05, 3.63) is 126 Å². The van der Waals surface area contributed by atoms with E-state index in [0.717, 1.165) is 76.5 Å². The number of rotatable bonds is 18. The van der Waals surface area contributed by atoms with Gasteiger partial charge in [-0.05, 0) is 110 Å². The number of nitrogens with zero attached hydrogens (tertiary/aromatic N) is 2. The zero-order valence-corrected chi connectivity index (χ0v) is 30.3. The van der Waals surface area contributed by atoms with Crippen molar-refractivity contribution in [2.24, 2.45) is 5.92 Å². The molecule has 0 atom stereocenters. The van der Waals surface area contributed by atoms with Gasteiger partial charge >= 0.3 is 0 Å². The Kier molecular flexibility index (Phi) is 15.6. The largest absolute Gasteiger partial charge is 0.381 e. The third-order valence-electron chi connectivity index (χ3n) is 8.52. The Morgan fingerprint density at radius 3 is 2.55 bits per heavy atom. The van der Waals surface area contributed by atoms with Crippen molar-refractivity contribution in [3.8, 4) is 0 Å². The third kappa shape index (κ3) is 12.3. The minimum atomic E-state index is 0.736. The zero-order chi connectivity index (χ0) is 34.2. The molecule has 1 aliphatic heterocycles. The molecular weight excluding hydrogens is 595 g/mol. The molecule has 0 spiro atoms. The van der Waals surface area contributed by atoms with E-state index in [1.165, 1.54) is 43.4 Å². The number of anilines is 4. The smallest absolute Gasteiger partial charge is 0.0642 e. The summed E-state index contributed by atoms with van der Waals surface area (Å²) >= 11 is 4.62.